The zero-order chi connectivity index (χ0) is 45.1. The summed E-state index contributed by atoms with van der Waals surface area (Å²) in [5, 5.41) is 10.5. The Balaban J connectivity index is 0.886. The first-order valence-electron chi connectivity index (χ1n) is 22.3. The Hall–Kier alpha value is -6.05. The van der Waals surface area contributed by atoms with E-state index in [9.17, 15) is 14.4 Å². The highest BCUT2D eigenvalue weighted by atomic mass is 28.4. The van der Waals surface area contributed by atoms with Crippen LogP contribution in [0.1, 0.15) is 62.8 Å². The Kier molecular flexibility index (Phi) is 15.1. The smallest absolute Gasteiger partial charge is 0.411 e. The molecule has 6 aromatic rings. The van der Waals surface area contributed by atoms with Crippen LogP contribution in [0.25, 0.3) is 22.0 Å². The van der Waals surface area contributed by atoms with Crippen molar-refractivity contribution in [2.24, 2.45) is 0 Å². The first-order valence-corrected chi connectivity index (χ1v) is 25.2. The average molecular weight is 880 g/mol. The van der Waals surface area contributed by atoms with E-state index in [4.69, 9.17) is 13.9 Å². The molecule has 11 nitrogen and oxygen atoms in total. The summed E-state index contributed by atoms with van der Waals surface area (Å²) >= 11 is 0. The van der Waals surface area contributed by atoms with Gasteiger partial charge < -0.3 is 34.4 Å². The van der Waals surface area contributed by atoms with Crippen molar-refractivity contribution in [3.8, 4) is 16.9 Å². The third-order valence-electron chi connectivity index (χ3n) is 12.3. The van der Waals surface area contributed by atoms with Gasteiger partial charge >= 0.3 is 6.09 Å². The third-order valence-corrected chi connectivity index (χ3v) is 16.8. The van der Waals surface area contributed by atoms with Gasteiger partial charge in [-0.15, -0.1) is 0 Å². The van der Waals surface area contributed by atoms with Gasteiger partial charge in [-0.25, -0.2) is 4.79 Å². The van der Waals surface area contributed by atoms with E-state index in [1.165, 1.54) is 0 Å². The minimum atomic E-state index is -2.23. The number of nitrogens with zero attached hydrogens (tertiary/aromatic N) is 1. The van der Waals surface area contributed by atoms with Crippen molar-refractivity contribution in [2.45, 2.75) is 83.5 Å². The number of carbonyl (C=O) groups is 2. The number of hydrogen-bond donors (Lipinski definition) is 4. The number of anilines is 2. The lowest BCUT2D eigenvalue weighted by Crippen LogP contribution is -2.43. The minimum absolute atomic E-state index is 0.0168. The van der Waals surface area contributed by atoms with Crippen LogP contribution in [0.5, 0.6) is 5.75 Å². The number of amides is 2. The van der Waals surface area contributed by atoms with Crippen molar-refractivity contribution in [3.05, 3.63) is 161 Å². The molecule has 0 saturated carbocycles. The number of hydrogen-bond acceptors (Lipinski definition) is 8. The molecule has 4 N–H and O–H groups in total. The topological polar surface area (TPSA) is 134 Å². The number of likely N-dealkylation sites (tertiary alicyclic amines) is 1. The number of carbonyl (C=O) groups excluding carboxylic acids is 2. The van der Waals surface area contributed by atoms with Crippen LogP contribution in [0.15, 0.2) is 138 Å². The van der Waals surface area contributed by atoms with E-state index in [0.29, 0.717) is 62.5 Å². The maximum atomic E-state index is 13.0. The molecule has 1 fully saturated rings. The van der Waals surface area contributed by atoms with E-state index in [1.54, 1.807) is 6.07 Å². The number of nitrogens with one attached hydrogen (secondary N) is 4. The standard InChI is InChI=1S/C52H61N5O6Si/c1-52(2,3)64(4,5)63-47(43-24-26-46(50-44(43)25-27-48(58)56-50)61-36-38-14-8-6-9-15-38)35-53-34-37-20-22-40(23-21-37)54-49(59)30-33-57-31-28-41(29-32-57)62-51(60)55-45-19-13-12-18-42(45)39-16-10-7-11-17-39/h6-27,41,47,53H,28-36H2,1-5H3,(H,54,59)(H,55,60)(H,56,58). The van der Waals surface area contributed by atoms with Crippen LogP contribution in [0, 0.1) is 0 Å². The maximum absolute atomic E-state index is 13.0. The molecule has 334 valence electrons. The monoisotopic (exact) mass is 879 g/mol. The number of para-hydroxylation sites is 1. The lowest BCUT2D eigenvalue weighted by atomic mass is 10.0. The summed E-state index contributed by atoms with van der Waals surface area (Å²) in [6, 6.07) is 42.9. The molecule has 2 heterocycles. The highest BCUT2D eigenvalue weighted by Crippen LogP contribution is 2.41. The molecule has 5 aromatic carbocycles. The Morgan fingerprint density at radius 3 is 2.20 bits per heavy atom. The molecule has 0 radical (unpaired) electrons. The Labute approximate surface area is 377 Å². The fraction of sp³-hybridized carbons (Fsp3) is 0.327. The minimum Gasteiger partial charge on any atom is -0.487 e. The van der Waals surface area contributed by atoms with Crippen LogP contribution in [-0.4, -0.2) is 62.5 Å². The predicted molar refractivity (Wildman–Crippen MR) is 259 cm³/mol. The fourth-order valence-corrected chi connectivity index (χ4v) is 8.95. The van der Waals surface area contributed by atoms with Gasteiger partial charge in [0.05, 0.1) is 17.3 Å². The van der Waals surface area contributed by atoms with Crippen molar-refractivity contribution in [1.82, 2.24) is 15.2 Å². The second-order valence-electron chi connectivity index (χ2n) is 18.0. The molecule has 64 heavy (non-hydrogen) atoms. The van der Waals surface area contributed by atoms with Crippen molar-refractivity contribution in [1.29, 1.82) is 0 Å². The highest BCUT2D eigenvalue weighted by molar-refractivity contribution is 6.74. The zero-order valence-corrected chi connectivity index (χ0v) is 38.6. The number of piperidine rings is 1. The van der Waals surface area contributed by atoms with Crippen LogP contribution in [0.3, 0.4) is 0 Å². The summed E-state index contributed by atoms with van der Waals surface area (Å²) in [6.45, 7) is 14.9. The van der Waals surface area contributed by atoms with Gasteiger partial charge in [-0.05, 0) is 83.6 Å². The SMILES string of the molecule is CC(C)(C)[Si](C)(C)OC(CNCc1ccc(NC(=O)CCN2CCC(OC(=O)Nc3ccccc3-c3ccccc3)CC2)cc1)c1ccc(OCc2ccccc2)c2[nH]c(=O)ccc12. The molecule has 2 amide bonds. The number of fused-ring (bicyclic) bond motifs is 1. The average Bonchev–Trinajstić information content (AvgIpc) is 3.28. The van der Waals surface area contributed by atoms with Crippen molar-refractivity contribution < 1.29 is 23.5 Å². The molecule has 1 aromatic heterocycles. The van der Waals surface area contributed by atoms with Crippen LogP contribution in [-0.2, 0) is 27.1 Å². The van der Waals surface area contributed by atoms with Gasteiger partial charge in [-0.2, -0.15) is 0 Å². The molecular weight excluding hydrogens is 819 g/mol. The lowest BCUT2D eigenvalue weighted by molar-refractivity contribution is -0.116. The molecule has 1 unspecified atom stereocenters. The van der Waals surface area contributed by atoms with Crippen LogP contribution in [0.2, 0.25) is 18.1 Å². The number of aromatic nitrogens is 1. The Bertz CT molecular complexity index is 2530. The van der Waals surface area contributed by atoms with E-state index in [1.807, 2.05) is 121 Å². The first-order chi connectivity index (χ1) is 30.8. The molecule has 7 rings (SSSR count). The van der Waals surface area contributed by atoms with Crippen molar-refractivity contribution in [3.63, 3.8) is 0 Å². The first kappa shape index (κ1) is 46.0. The number of H-pyrrole nitrogens is 1. The molecule has 0 aliphatic carbocycles. The van der Waals surface area contributed by atoms with E-state index in [0.717, 1.165) is 52.0 Å². The van der Waals surface area contributed by atoms with Gasteiger partial charge in [0.1, 0.15) is 18.5 Å². The van der Waals surface area contributed by atoms with Gasteiger partial charge in [-0.1, -0.05) is 118 Å². The van der Waals surface area contributed by atoms with Gasteiger partial charge in [0.25, 0.3) is 0 Å². The van der Waals surface area contributed by atoms with Crippen LogP contribution < -0.4 is 26.2 Å². The fourth-order valence-electron chi connectivity index (χ4n) is 7.67. The number of aromatic amines is 1. The molecule has 1 aliphatic heterocycles. The summed E-state index contributed by atoms with van der Waals surface area (Å²) < 4.78 is 19.1. The van der Waals surface area contributed by atoms with E-state index in [2.05, 4.69) is 65.8 Å². The molecule has 12 heteroatoms. The Morgan fingerprint density at radius 1 is 0.797 bits per heavy atom. The summed E-state index contributed by atoms with van der Waals surface area (Å²) in [5.74, 6) is 0.568. The predicted octanol–water partition coefficient (Wildman–Crippen LogP) is 10.7. The third kappa shape index (κ3) is 12.4. The van der Waals surface area contributed by atoms with E-state index >= 15 is 0 Å². The van der Waals surface area contributed by atoms with E-state index in [-0.39, 0.29) is 28.7 Å². The van der Waals surface area contributed by atoms with Crippen molar-refractivity contribution in [2.75, 3.05) is 36.8 Å². The summed E-state index contributed by atoms with van der Waals surface area (Å²) in [5.41, 5.74) is 6.97. The number of ether oxygens (including phenoxy) is 2. The van der Waals surface area contributed by atoms with Gasteiger partial charge in [0.15, 0.2) is 8.32 Å². The Morgan fingerprint density at radius 2 is 1.48 bits per heavy atom. The quantitative estimate of drug-likeness (QED) is 0.0666. The van der Waals surface area contributed by atoms with E-state index < -0.39 is 14.4 Å². The highest BCUT2D eigenvalue weighted by Gasteiger charge is 2.40. The summed E-state index contributed by atoms with van der Waals surface area (Å²) in [7, 11) is -2.23. The van der Waals surface area contributed by atoms with Crippen LogP contribution in [0.4, 0.5) is 16.2 Å². The number of rotatable bonds is 17. The lowest BCUT2D eigenvalue weighted by Gasteiger charge is -2.39. The normalized spacial score (nSPS) is 14.2. The molecule has 1 saturated heterocycles. The summed E-state index contributed by atoms with van der Waals surface area (Å²) in [4.78, 5) is 43.7. The molecule has 1 aliphatic rings. The largest absolute Gasteiger partial charge is 0.487 e. The molecule has 0 spiro atoms. The maximum Gasteiger partial charge on any atom is 0.411 e. The number of pyridine rings is 1. The second-order valence-corrected chi connectivity index (χ2v) is 22.8. The van der Waals surface area contributed by atoms with Gasteiger partial charge in [0, 0.05) is 61.8 Å². The molecule has 1 atom stereocenters. The van der Waals surface area contributed by atoms with Crippen LogP contribution >= 0.6 is 0 Å². The zero-order valence-electron chi connectivity index (χ0n) is 37.6. The number of benzene rings is 5. The van der Waals surface area contributed by atoms with Gasteiger partial charge in [-0.3, -0.25) is 14.9 Å². The second kappa shape index (κ2) is 21.1. The summed E-state index contributed by atoms with van der Waals surface area (Å²) in [6.07, 6.45) is 0.861. The molecular formula is C52H61N5O6Si. The van der Waals surface area contributed by atoms with Gasteiger partial charge in [0.2, 0.25) is 11.5 Å². The van der Waals surface area contributed by atoms with Crippen molar-refractivity contribution >= 4 is 42.6 Å². The molecule has 0 bridgehead atoms.